The fourth-order valence-corrected chi connectivity index (χ4v) is 7.01. The van der Waals surface area contributed by atoms with Gasteiger partial charge in [-0.3, -0.25) is 15.0 Å². The van der Waals surface area contributed by atoms with Gasteiger partial charge < -0.3 is 15.2 Å². The van der Waals surface area contributed by atoms with E-state index in [0.717, 1.165) is 48.7 Å². The van der Waals surface area contributed by atoms with Crippen LogP contribution in [0.5, 0.6) is 5.75 Å². The molecule has 7 nitrogen and oxygen atoms in total. The average molecular weight is 412 g/mol. The van der Waals surface area contributed by atoms with Gasteiger partial charge in [0, 0.05) is 18.0 Å². The number of aliphatic hydroxyl groups is 1. The molecular formula is C23H29N3O4. The van der Waals surface area contributed by atoms with Crippen molar-refractivity contribution in [3.63, 3.8) is 0 Å². The molecule has 5 atom stereocenters. The molecule has 30 heavy (non-hydrogen) atoms. The summed E-state index contributed by atoms with van der Waals surface area (Å²) in [5.41, 5.74) is 0.967. The van der Waals surface area contributed by atoms with Gasteiger partial charge in [-0.25, -0.2) is 4.79 Å². The van der Waals surface area contributed by atoms with Crippen LogP contribution in [-0.4, -0.2) is 53.7 Å². The maximum atomic E-state index is 12.8. The highest BCUT2D eigenvalue weighted by Crippen LogP contribution is 2.61. The lowest BCUT2D eigenvalue weighted by Crippen LogP contribution is -2.67. The lowest BCUT2D eigenvalue weighted by molar-refractivity contribution is -0.132. The van der Waals surface area contributed by atoms with E-state index in [1.54, 1.807) is 7.11 Å². The number of methoxy groups -OCH3 is 1. The van der Waals surface area contributed by atoms with E-state index < -0.39 is 11.6 Å². The molecule has 4 fully saturated rings. The molecule has 3 N–H and O–H groups in total. The van der Waals surface area contributed by atoms with Crippen molar-refractivity contribution in [2.24, 2.45) is 11.8 Å². The Morgan fingerprint density at radius 3 is 2.77 bits per heavy atom. The molecule has 0 radical (unpaired) electrons. The number of imide groups is 1. The monoisotopic (exact) mass is 411 g/mol. The molecule has 7 heteroatoms. The van der Waals surface area contributed by atoms with E-state index in [-0.39, 0.29) is 29.3 Å². The molecule has 5 aliphatic rings. The number of likely N-dealkylation sites (tertiary alicyclic amines) is 1. The molecule has 3 amide bonds. The van der Waals surface area contributed by atoms with Crippen LogP contribution in [0.25, 0.3) is 0 Å². The number of urea groups is 1. The fraction of sp³-hybridized carbons (Fsp3) is 0.652. The summed E-state index contributed by atoms with van der Waals surface area (Å²) >= 11 is 0. The number of carbonyl (C=O) groups excluding carboxylic acids is 2. The van der Waals surface area contributed by atoms with E-state index >= 15 is 0 Å². The topological polar surface area (TPSA) is 90.9 Å². The van der Waals surface area contributed by atoms with Gasteiger partial charge in [0.15, 0.2) is 0 Å². The van der Waals surface area contributed by atoms with Crippen LogP contribution < -0.4 is 15.4 Å². The Balaban J connectivity index is 1.48. The number of aliphatic hydroxyl groups excluding tert-OH is 1. The first-order chi connectivity index (χ1) is 14.5. The minimum atomic E-state index is -0.848. The van der Waals surface area contributed by atoms with E-state index in [9.17, 15) is 14.7 Å². The number of fused-ring (bicyclic) bond motifs is 1. The Hall–Kier alpha value is -2.12. The van der Waals surface area contributed by atoms with E-state index in [2.05, 4.69) is 21.6 Å². The molecule has 1 spiro atoms. The maximum absolute atomic E-state index is 12.8. The number of benzene rings is 1. The lowest BCUT2D eigenvalue weighted by Gasteiger charge is -2.62. The Morgan fingerprint density at radius 1 is 1.23 bits per heavy atom. The smallest absolute Gasteiger partial charge is 0.322 e. The van der Waals surface area contributed by atoms with Gasteiger partial charge in [-0.2, -0.15) is 0 Å². The van der Waals surface area contributed by atoms with Crippen LogP contribution in [0.3, 0.4) is 0 Å². The largest absolute Gasteiger partial charge is 0.497 e. The quantitative estimate of drug-likeness (QED) is 0.661. The van der Waals surface area contributed by atoms with Gasteiger partial charge in [-0.15, -0.1) is 0 Å². The molecule has 0 aromatic heterocycles. The first kappa shape index (κ1) is 18.6. The number of carbonyl (C=O) groups is 2. The zero-order valence-corrected chi connectivity index (χ0v) is 17.3. The van der Waals surface area contributed by atoms with Gasteiger partial charge in [0.2, 0.25) is 0 Å². The molecule has 3 aliphatic carbocycles. The van der Waals surface area contributed by atoms with Crippen LogP contribution >= 0.6 is 0 Å². The van der Waals surface area contributed by atoms with E-state index in [1.807, 2.05) is 12.1 Å². The number of amides is 3. The highest BCUT2D eigenvalue weighted by molar-refractivity contribution is 6.07. The molecule has 6 rings (SSSR count). The van der Waals surface area contributed by atoms with Crippen molar-refractivity contribution < 1.29 is 19.4 Å². The van der Waals surface area contributed by atoms with Crippen molar-refractivity contribution in [3.05, 3.63) is 29.3 Å². The minimum Gasteiger partial charge on any atom is -0.497 e. The summed E-state index contributed by atoms with van der Waals surface area (Å²) in [6, 6.07) is 5.66. The summed E-state index contributed by atoms with van der Waals surface area (Å²) in [6.07, 6.45) is 4.99. The van der Waals surface area contributed by atoms with Gasteiger partial charge in [-0.05, 0) is 80.2 Å². The van der Waals surface area contributed by atoms with Gasteiger partial charge >= 0.3 is 6.03 Å². The first-order valence-electron chi connectivity index (χ1n) is 11.2. The molecule has 160 valence electrons. The second-order valence-corrected chi connectivity index (χ2v) is 10.0. The Morgan fingerprint density at radius 2 is 2.07 bits per heavy atom. The van der Waals surface area contributed by atoms with E-state index in [0.29, 0.717) is 12.8 Å². The van der Waals surface area contributed by atoms with Crippen molar-refractivity contribution in [2.45, 2.75) is 61.6 Å². The van der Waals surface area contributed by atoms with Crippen molar-refractivity contribution in [2.75, 3.05) is 20.2 Å². The van der Waals surface area contributed by atoms with E-state index in [4.69, 9.17) is 4.74 Å². The third-order valence-electron chi connectivity index (χ3n) is 8.53. The molecule has 1 aromatic carbocycles. The van der Waals surface area contributed by atoms with Gasteiger partial charge in [-0.1, -0.05) is 6.07 Å². The van der Waals surface area contributed by atoms with Gasteiger partial charge in [0.05, 0.1) is 13.2 Å². The average Bonchev–Trinajstić information content (AvgIpc) is 3.51. The molecular weight excluding hydrogens is 382 g/mol. The summed E-state index contributed by atoms with van der Waals surface area (Å²) < 4.78 is 5.53. The molecule has 5 unspecified atom stereocenters. The van der Waals surface area contributed by atoms with Crippen molar-refractivity contribution >= 4 is 11.9 Å². The highest BCUT2D eigenvalue weighted by atomic mass is 16.5. The van der Waals surface area contributed by atoms with Crippen LogP contribution in [0.4, 0.5) is 4.79 Å². The zero-order valence-electron chi connectivity index (χ0n) is 17.3. The van der Waals surface area contributed by atoms with Gasteiger partial charge in [0.1, 0.15) is 11.3 Å². The first-order valence-corrected chi connectivity index (χ1v) is 11.2. The number of rotatable bonds is 3. The Labute approximate surface area is 176 Å². The lowest BCUT2D eigenvalue weighted by atomic mass is 9.48. The van der Waals surface area contributed by atoms with Crippen LogP contribution in [0, 0.1) is 11.8 Å². The normalized spacial score (nSPS) is 39.9. The highest BCUT2D eigenvalue weighted by Gasteiger charge is 2.64. The van der Waals surface area contributed by atoms with Crippen LogP contribution in [0.15, 0.2) is 18.2 Å². The van der Waals surface area contributed by atoms with Crippen molar-refractivity contribution in [1.29, 1.82) is 0 Å². The number of hydrogen-bond acceptors (Lipinski definition) is 5. The third kappa shape index (κ3) is 2.45. The van der Waals surface area contributed by atoms with Crippen LogP contribution in [-0.2, 0) is 10.2 Å². The van der Waals surface area contributed by atoms with Crippen molar-refractivity contribution in [3.8, 4) is 5.75 Å². The number of nitrogens with one attached hydrogen (secondary N) is 2. The summed E-state index contributed by atoms with van der Waals surface area (Å²) in [5.74, 6) is 1.59. The molecule has 2 saturated heterocycles. The van der Waals surface area contributed by atoms with Crippen molar-refractivity contribution in [1.82, 2.24) is 15.5 Å². The second kappa shape index (κ2) is 6.20. The summed E-state index contributed by atoms with van der Waals surface area (Å²) in [4.78, 5) is 27.4. The molecule has 1 aromatic rings. The summed E-state index contributed by atoms with van der Waals surface area (Å²) in [7, 11) is 1.66. The fourth-order valence-electron chi connectivity index (χ4n) is 7.01. The number of ether oxygens (including phenoxy) is 1. The number of hydrogen-bond donors (Lipinski definition) is 3. The Bertz CT molecular complexity index is 931. The zero-order chi connectivity index (χ0) is 20.7. The van der Waals surface area contributed by atoms with E-state index in [1.165, 1.54) is 12.8 Å². The molecule has 2 heterocycles. The SMILES string of the molecule is COc1ccc2c(c1)C13CCN(CC4CC4)C(C2O)C1CCC1(C3)NC(=O)NC1=O. The molecule has 2 saturated carbocycles. The number of piperidine rings is 1. The predicted octanol–water partition coefficient (Wildman–Crippen LogP) is 1.84. The van der Waals surface area contributed by atoms with Crippen LogP contribution in [0.2, 0.25) is 0 Å². The standard InChI is InChI=1S/C23H29N3O4/c1-30-14-4-5-15-17(10-14)22-8-9-26(11-13-2-3-13)18(19(15)27)16(22)6-7-23(12-22)20(28)24-21(29)25-23/h4-5,10,13,16,18-19,27H,2-3,6-9,11-12H2,1H3,(H2,24,25,28,29). The van der Waals surface area contributed by atoms with Crippen LogP contribution in [0.1, 0.15) is 55.8 Å². The van der Waals surface area contributed by atoms with Gasteiger partial charge in [0.25, 0.3) is 5.91 Å². The summed E-state index contributed by atoms with van der Waals surface area (Å²) in [5, 5.41) is 16.9. The molecule has 2 aliphatic heterocycles. The molecule has 2 bridgehead atoms. The minimum absolute atomic E-state index is 0.0674. The predicted molar refractivity (Wildman–Crippen MR) is 109 cm³/mol. The third-order valence-corrected chi connectivity index (χ3v) is 8.53. The second-order valence-electron chi connectivity index (χ2n) is 10.0. The maximum Gasteiger partial charge on any atom is 0.322 e. The number of nitrogens with zero attached hydrogens (tertiary/aromatic N) is 1. The Kier molecular flexibility index (Phi) is 3.85. The summed E-state index contributed by atoms with van der Waals surface area (Å²) in [6.45, 7) is 1.97.